The molecular weight excluding hydrogens is 300 g/mol. The first-order valence-electron chi connectivity index (χ1n) is 8.08. The fourth-order valence-corrected chi connectivity index (χ4v) is 7.20. The summed E-state index contributed by atoms with van der Waals surface area (Å²) in [5.41, 5.74) is 0. The van der Waals surface area contributed by atoms with Gasteiger partial charge in [-0.1, -0.05) is 65.2 Å². The first-order chi connectivity index (χ1) is 9.33. The molecule has 0 N–H and O–H groups in total. The maximum atomic E-state index is 13.7. The van der Waals surface area contributed by atoms with Gasteiger partial charge in [0.2, 0.25) is 0 Å². The van der Waals surface area contributed by atoms with Crippen molar-refractivity contribution in [3.05, 3.63) is 0 Å². The van der Waals surface area contributed by atoms with Crippen molar-refractivity contribution in [2.45, 2.75) is 89.4 Å². The lowest BCUT2D eigenvalue weighted by atomic mass is 10.2. The Morgan fingerprint density at radius 3 is 1.15 bits per heavy atom. The molecule has 0 aromatic carbocycles. The zero-order valence-electron chi connectivity index (χ0n) is 13.0. The predicted octanol–water partition coefficient (Wildman–Crippen LogP) is 6.91. The van der Waals surface area contributed by atoms with Crippen molar-refractivity contribution in [3.8, 4) is 0 Å². The Labute approximate surface area is 124 Å². The van der Waals surface area contributed by atoms with E-state index in [9.17, 15) is 16.4 Å². The third kappa shape index (κ3) is 11.9. The van der Waals surface area contributed by atoms with Crippen molar-refractivity contribution in [1.29, 1.82) is 0 Å². The highest BCUT2D eigenvalue weighted by atomic mass is 28.4. The van der Waals surface area contributed by atoms with Gasteiger partial charge in [-0.05, 0) is 12.1 Å². The lowest BCUT2D eigenvalue weighted by Crippen LogP contribution is -2.29. The van der Waals surface area contributed by atoms with E-state index in [2.05, 4.69) is 0 Å². The summed E-state index contributed by atoms with van der Waals surface area (Å²) in [7, 11) is -8.73. The number of hydrogen-bond acceptors (Lipinski definition) is 0. The predicted molar refractivity (Wildman–Crippen MR) is 83.5 cm³/mol. The summed E-state index contributed by atoms with van der Waals surface area (Å²) >= 11 is 0. The van der Waals surface area contributed by atoms with Gasteiger partial charge >= 0.3 is 17.5 Å². The van der Waals surface area contributed by atoms with Crippen molar-refractivity contribution in [1.82, 2.24) is 0 Å². The highest BCUT2D eigenvalue weighted by molar-refractivity contribution is 6.71. The van der Waals surface area contributed by atoms with Crippen LogP contribution in [-0.2, 0) is 0 Å². The van der Waals surface area contributed by atoms with Crippen LogP contribution in [0.1, 0.15) is 65.2 Å². The number of hydrogen-bond donors (Lipinski definition) is 0. The number of rotatable bonds is 13. The largest absolute Gasteiger partial charge is 0.424 e. The Bertz CT molecular complexity index is 211. The summed E-state index contributed by atoms with van der Waals surface area (Å²) in [6, 6.07) is -1.14. The average molecular weight is 331 g/mol. The second-order valence-electron chi connectivity index (χ2n) is 5.83. The molecule has 0 fully saturated rings. The van der Waals surface area contributed by atoms with Crippen LogP contribution < -0.4 is 0 Å². The molecule has 0 unspecified atom stereocenters. The third-order valence-corrected chi connectivity index (χ3v) is 8.28. The van der Waals surface area contributed by atoms with Crippen molar-refractivity contribution in [3.63, 3.8) is 0 Å². The molecule has 6 heteroatoms. The van der Waals surface area contributed by atoms with Gasteiger partial charge in [0.25, 0.3) is 0 Å². The molecule has 0 nitrogen and oxygen atoms in total. The summed E-state index contributed by atoms with van der Waals surface area (Å²) in [6.07, 6.45) is 6.59. The van der Waals surface area contributed by atoms with E-state index in [0.717, 1.165) is 38.5 Å². The molecule has 0 saturated heterocycles. The summed E-state index contributed by atoms with van der Waals surface area (Å²) in [6.45, 7) is 4.06. The van der Waals surface area contributed by atoms with Gasteiger partial charge in [0.1, 0.15) is 0 Å². The van der Waals surface area contributed by atoms with Crippen LogP contribution in [0.3, 0.4) is 0 Å². The maximum absolute atomic E-state index is 13.7. The van der Waals surface area contributed by atoms with Crippen LogP contribution in [0, 0.1) is 0 Å². The lowest BCUT2D eigenvalue weighted by Gasteiger charge is -2.17. The van der Waals surface area contributed by atoms with E-state index in [1.807, 2.05) is 13.8 Å². The molecule has 122 valence electrons. The van der Waals surface area contributed by atoms with E-state index in [1.54, 1.807) is 0 Å². The molecular formula is C14H30F4Si2. The Morgan fingerprint density at radius 2 is 0.850 bits per heavy atom. The van der Waals surface area contributed by atoms with Crippen molar-refractivity contribution >= 4 is 17.5 Å². The van der Waals surface area contributed by atoms with Gasteiger partial charge in [-0.15, -0.1) is 0 Å². The SMILES string of the molecule is CCCCCC[Si](F)(F)CC[Si](F)(F)CCCCCC. The summed E-state index contributed by atoms with van der Waals surface area (Å²) < 4.78 is 54.6. The highest BCUT2D eigenvalue weighted by Crippen LogP contribution is 2.31. The van der Waals surface area contributed by atoms with Crippen molar-refractivity contribution in [2.75, 3.05) is 0 Å². The fraction of sp³-hybridized carbons (Fsp3) is 1.00. The molecule has 0 radical (unpaired) electrons. The van der Waals surface area contributed by atoms with Gasteiger partial charge in [-0.25, -0.2) is 0 Å². The molecule has 0 aliphatic heterocycles. The van der Waals surface area contributed by atoms with Gasteiger partial charge < -0.3 is 0 Å². The average Bonchev–Trinajstić information content (AvgIpc) is 2.38. The minimum absolute atomic E-state index is 0.0900. The van der Waals surface area contributed by atoms with Crippen LogP contribution >= 0.6 is 0 Å². The van der Waals surface area contributed by atoms with E-state index in [4.69, 9.17) is 0 Å². The van der Waals surface area contributed by atoms with Crippen LogP contribution in [0.5, 0.6) is 0 Å². The molecule has 0 bridgehead atoms. The first-order valence-corrected chi connectivity index (χ1v) is 12.4. The van der Waals surface area contributed by atoms with Gasteiger partial charge in [0.15, 0.2) is 0 Å². The first kappa shape index (κ1) is 20.2. The molecule has 0 saturated carbocycles. The Hall–Kier alpha value is 0.154. The zero-order valence-corrected chi connectivity index (χ0v) is 15.0. The Kier molecular flexibility index (Phi) is 10.9. The highest BCUT2D eigenvalue weighted by Gasteiger charge is 2.42. The summed E-state index contributed by atoms with van der Waals surface area (Å²) in [5, 5.41) is 0. The van der Waals surface area contributed by atoms with Crippen molar-refractivity contribution in [2.24, 2.45) is 0 Å². The van der Waals surface area contributed by atoms with Gasteiger partial charge in [-0.3, -0.25) is 16.4 Å². The molecule has 0 aromatic heterocycles. The van der Waals surface area contributed by atoms with Crippen LogP contribution in [-0.4, -0.2) is 17.5 Å². The topological polar surface area (TPSA) is 0 Å². The fourth-order valence-electron chi connectivity index (χ4n) is 2.24. The van der Waals surface area contributed by atoms with Crippen LogP contribution in [0.2, 0.25) is 24.2 Å². The lowest BCUT2D eigenvalue weighted by molar-refractivity contribution is 0.543. The van der Waals surface area contributed by atoms with E-state index in [-0.39, 0.29) is 12.1 Å². The number of halogens is 4. The molecule has 0 aliphatic carbocycles. The Balaban J connectivity index is 3.84. The molecule has 0 aromatic rings. The molecule has 0 aliphatic rings. The second kappa shape index (κ2) is 10.8. The minimum Gasteiger partial charge on any atom is -0.270 e. The molecule has 0 rings (SSSR count). The van der Waals surface area contributed by atoms with Gasteiger partial charge in [0, 0.05) is 12.1 Å². The normalized spacial score (nSPS) is 12.9. The molecule has 20 heavy (non-hydrogen) atoms. The van der Waals surface area contributed by atoms with E-state index in [0.29, 0.717) is 12.8 Å². The van der Waals surface area contributed by atoms with E-state index in [1.165, 1.54) is 0 Å². The van der Waals surface area contributed by atoms with Crippen LogP contribution in [0.4, 0.5) is 16.4 Å². The molecule has 0 spiro atoms. The Morgan fingerprint density at radius 1 is 0.500 bits per heavy atom. The van der Waals surface area contributed by atoms with Gasteiger partial charge in [0.05, 0.1) is 0 Å². The summed E-state index contributed by atoms with van der Waals surface area (Å²) in [4.78, 5) is 0. The number of unbranched alkanes of at least 4 members (excludes halogenated alkanes) is 6. The molecule has 0 amide bonds. The summed E-state index contributed by atoms with van der Waals surface area (Å²) in [5.74, 6) is 0. The second-order valence-corrected chi connectivity index (χ2v) is 11.3. The van der Waals surface area contributed by atoms with E-state index < -0.39 is 29.6 Å². The smallest absolute Gasteiger partial charge is 0.270 e. The van der Waals surface area contributed by atoms with Crippen molar-refractivity contribution < 1.29 is 16.4 Å². The van der Waals surface area contributed by atoms with E-state index >= 15 is 0 Å². The standard InChI is InChI=1S/C14H30F4Si2/c1-3-5-7-9-11-19(15,16)13-14-20(17,18)12-10-8-6-4-2/h3-14H2,1-2H3. The monoisotopic (exact) mass is 330 g/mol. The quantitative estimate of drug-likeness (QED) is 0.149. The van der Waals surface area contributed by atoms with Crippen LogP contribution in [0.25, 0.3) is 0 Å². The van der Waals surface area contributed by atoms with Crippen LogP contribution in [0.15, 0.2) is 0 Å². The third-order valence-electron chi connectivity index (χ3n) is 3.65. The minimum atomic E-state index is -4.36. The van der Waals surface area contributed by atoms with Gasteiger partial charge in [-0.2, -0.15) is 0 Å². The zero-order chi connectivity index (χ0) is 15.5. The maximum Gasteiger partial charge on any atom is 0.424 e. The molecule has 0 atom stereocenters. The molecule has 0 heterocycles.